The van der Waals surface area contributed by atoms with Gasteiger partial charge in [0, 0.05) is 32.1 Å². The van der Waals surface area contributed by atoms with Crippen molar-refractivity contribution >= 4 is 28.3 Å². The first kappa shape index (κ1) is 21.2. The molecule has 1 aliphatic heterocycles. The summed E-state index contributed by atoms with van der Waals surface area (Å²) in [6, 6.07) is 5.54. The molecule has 0 aromatic heterocycles. The Balaban J connectivity index is 0.00000243. The average Bonchev–Trinajstić information content (AvgIpc) is 2.61. The zero-order valence-electron chi connectivity index (χ0n) is 14.9. The second-order valence-electron chi connectivity index (χ2n) is 7.00. The number of halogens is 1. The van der Waals surface area contributed by atoms with Crippen molar-refractivity contribution in [2.24, 2.45) is 5.73 Å². The number of amides is 1. The lowest BCUT2D eigenvalue weighted by Crippen LogP contribution is -2.43. The molecule has 1 heterocycles. The highest BCUT2D eigenvalue weighted by Crippen LogP contribution is 2.24. The SMILES string of the molecule is Cl.NC1CCN(C(=O)CCNS(=O)(=O)c2ccc3c(c2)CCCC3)CC1. The maximum Gasteiger partial charge on any atom is 0.240 e. The van der Waals surface area contributed by atoms with Gasteiger partial charge < -0.3 is 10.6 Å². The van der Waals surface area contributed by atoms with Gasteiger partial charge >= 0.3 is 0 Å². The molecule has 0 spiro atoms. The molecule has 1 aliphatic carbocycles. The molecule has 0 saturated carbocycles. The number of carbonyl (C=O) groups excluding carboxylic acids is 1. The number of benzene rings is 1. The molecule has 3 rings (SSSR count). The summed E-state index contributed by atoms with van der Waals surface area (Å²) in [5, 5.41) is 0. The predicted molar refractivity (Wildman–Crippen MR) is 104 cm³/mol. The van der Waals surface area contributed by atoms with Gasteiger partial charge in [0.2, 0.25) is 15.9 Å². The van der Waals surface area contributed by atoms with Crippen molar-refractivity contribution < 1.29 is 13.2 Å². The molecule has 1 aromatic rings. The van der Waals surface area contributed by atoms with Crippen molar-refractivity contribution in [3.05, 3.63) is 29.3 Å². The fraction of sp³-hybridized carbons (Fsp3) is 0.611. The smallest absolute Gasteiger partial charge is 0.240 e. The van der Waals surface area contributed by atoms with Gasteiger partial charge in [-0.05, 0) is 61.8 Å². The Bertz CT molecular complexity index is 731. The van der Waals surface area contributed by atoms with Gasteiger partial charge in [-0.25, -0.2) is 13.1 Å². The minimum atomic E-state index is -3.57. The topological polar surface area (TPSA) is 92.5 Å². The van der Waals surface area contributed by atoms with E-state index in [0.29, 0.717) is 18.0 Å². The zero-order valence-corrected chi connectivity index (χ0v) is 16.6. The molecule has 1 aromatic carbocycles. The molecule has 0 atom stereocenters. The fourth-order valence-corrected chi connectivity index (χ4v) is 4.64. The van der Waals surface area contributed by atoms with Gasteiger partial charge in [0.15, 0.2) is 0 Å². The van der Waals surface area contributed by atoms with E-state index < -0.39 is 10.0 Å². The molecular formula is C18H28ClN3O3S. The molecule has 1 fully saturated rings. The Morgan fingerprint density at radius 2 is 1.81 bits per heavy atom. The summed E-state index contributed by atoms with van der Waals surface area (Å²) in [6.45, 7) is 1.45. The quantitative estimate of drug-likeness (QED) is 0.783. The minimum Gasteiger partial charge on any atom is -0.343 e. The van der Waals surface area contributed by atoms with E-state index in [1.165, 1.54) is 12.0 Å². The number of likely N-dealkylation sites (tertiary alicyclic amines) is 1. The molecule has 1 amide bonds. The van der Waals surface area contributed by atoms with Crippen LogP contribution in [0.15, 0.2) is 23.1 Å². The van der Waals surface area contributed by atoms with E-state index in [9.17, 15) is 13.2 Å². The van der Waals surface area contributed by atoms with Crippen molar-refractivity contribution in [3.8, 4) is 0 Å². The maximum absolute atomic E-state index is 12.5. The van der Waals surface area contributed by atoms with Gasteiger partial charge in [0.25, 0.3) is 0 Å². The van der Waals surface area contributed by atoms with Crippen LogP contribution in [0.3, 0.4) is 0 Å². The van der Waals surface area contributed by atoms with Crippen LogP contribution in [0.2, 0.25) is 0 Å². The lowest BCUT2D eigenvalue weighted by Gasteiger charge is -2.30. The highest BCUT2D eigenvalue weighted by atomic mass is 35.5. The molecule has 0 bridgehead atoms. The van der Waals surface area contributed by atoms with E-state index >= 15 is 0 Å². The summed E-state index contributed by atoms with van der Waals surface area (Å²) in [5.41, 5.74) is 8.23. The first-order valence-corrected chi connectivity index (χ1v) is 10.6. The summed E-state index contributed by atoms with van der Waals surface area (Å²) in [5.74, 6) is -0.0139. The number of sulfonamides is 1. The van der Waals surface area contributed by atoms with Crippen LogP contribution in [0.1, 0.15) is 43.2 Å². The highest BCUT2D eigenvalue weighted by Gasteiger charge is 2.22. The Labute approximate surface area is 162 Å². The molecule has 146 valence electrons. The second kappa shape index (κ2) is 9.17. The summed E-state index contributed by atoms with van der Waals surface area (Å²) in [4.78, 5) is 14.2. The lowest BCUT2D eigenvalue weighted by molar-refractivity contribution is -0.132. The Kier molecular flexibility index (Phi) is 7.46. The molecule has 3 N–H and O–H groups in total. The van der Waals surface area contributed by atoms with Crippen LogP contribution in [-0.2, 0) is 27.7 Å². The number of hydrogen-bond donors (Lipinski definition) is 2. The highest BCUT2D eigenvalue weighted by molar-refractivity contribution is 7.89. The third-order valence-electron chi connectivity index (χ3n) is 5.15. The number of rotatable bonds is 5. The first-order chi connectivity index (χ1) is 12.0. The van der Waals surface area contributed by atoms with Gasteiger partial charge in [-0.2, -0.15) is 0 Å². The number of nitrogens with two attached hydrogens (primary N) is 1. The normalized spacial score (nSPS) is 18.1. The summed E-state index contributed by atoms with van der Waals surface area (Å²) in [7, 11) is -3.57. The number of piperidine rings is 1. The second-order valence-corrected chi connectivity index (χ2v) is 8.77. The Hall–Kier alpha value is -1.15. The molecule has 0 radical (unpaired) electrons. The van der Waals surface area contributed by atoms with Crippen molar-refractivity contribution in [1.82, 2.24) is 9.62 Å². The number of fused-ring (bicyclic) bond motifs is 1. The van der Waals surface area contributed by atoms with Crippen LogP contribution in [-0.4, -0.2) is 44.9 Å². The molecule has 2 aliphatic rings. The van der Waals surface area contributed by atoms with Gasteiger partial charge in [0.05, 0.1) is 4.90 Å². The molecular weight excluding hydrogens is 374 g/mol. The fourth-order valence-electron chi connectivity index (χ4n) is 3.56. The van der Waals surface area contributed by atoms with E-state index in [1.54, 1.807) is 17.0 Å². The van der Waals surface area contributed by atoms with Gasteiger partial charge in [-0.3, -0.25) is 4.79 Å². The van der Waals surface area contributed by atoms with Gasteiger partial charge in [-0.15, -0.1) is 12.4 Å². The summed E-state index contributed by atoms with van der Waals surface area (Å²) >= 11 is 0. The van der Waals surface area contributed by atoms with Crippen LogP contribution in [0, 0.1) is 0 Å². The van der Waals surface area contributed by atoms with E-state index in [1.807, 2.05) is 6.07 Å². The van der Waals surface area contributed by atoms with E-state index in [-0.39, 0.29) is 37.3 Å². The summed E-state index contributed by atoms with van der Waals surface area (Å²) in [6.07, 6.45) is 6.04. The van der Waals surface area contributed by atoms with Gasteiger partial charge in [0.1, 0.15) is 0 Å². The van der Waals surface area contributed by atoms with Crippen molar-refractivity contribution in [1.29, 1.82) is 0 Å². The molecule has 26 heavy (non-hydrogen) atoms. The lowest BCUT2D eigenvalue weighted by atomic mass is 9.92. The molecule has 0 unspecified atom stereocenters. The molecule has 8 heteroatoms. The third kappa shape index (κ3) is 5.19. The van der Waals surface area contributed by atoms with Crippen LogP contribution >= 0.6 is 12.4 Å². The number of carbonyl (C=O) groups is 1. The van der Waals surface area contributed by atoms with E-state index in [0.717, 1.165) is 37.7 Å². The van der Waals surface area contributed by atoms with E-state index in [4.69, 9.17) is 5.73 Å². The Morgan fingerprint density at radius 1 is 1.15 bits per heavy atom. The van der Waals surface area contributed by atoms with Crippen molar-refractivity contribution in [3.63, 3.8) is 0 Å². The molecule has 6 nitrogen and oxygen atoms in total. The zero-order chi connectivity index (χ0) is 17.9. The average molecular weight is 402 g/mol. The third-order valence-corrected chi connectivity index (χ3v) is 6.61. The van der Waals surface area contributed by atoms with Crippen molar-refractivity contribution in [2.75, 3.05) is 19.6 Å². The summed E-state index contributed by atoms with van der Waals surface area (Å²) < 4.78 is 27.5. The number of nitrogens with zero attached hydrogens (tertiary/aromatic N) is 1. The monoisotopic (exact) mass is 401 g/mol. The largest absolute Gasteiger partial charge is 0.343 e. The number of nitrogens with one attached hydrogen (secondary N) is 1. The standard InChI is InChI=1S/C18H27N3O3S.ClH/c19-16-8-11-21(12-9-16)18(22)7-10-20-25(23,24)17-6-5-14-3-1-2-4-15(14)13-17;/h5-6,13,16,20H,1-4,7-12,19H2;1H. The first-order valence-electron chi connectivity index (χ1n) is 9.10. The Morgan fingerprint density at radius 3 is 2.50 bits per heavy atom. The van der Waals surface area contributed by atoms with Crippen LogP contribution in [0.25, 0.3) is 0 Å². The minimum absolute atomic E-state index is 0. The van der Waals surface area contributed by atoms with Crippen LogP contribution < -0.4 is 10.5 Å². The van der Waals surface area contributed by atoms with Gasteiger partial charge in [-0.1, -0.05) is 6.07 Å². The van der Waals surface area contributed by atoms with Crippen molar-refractivity contribution in [2.45, 2.75) is 55.9 Å². The molecule has 1 saturated heterocycles. The van der Waals surface area contributed by atoms with E-state index in [2.05, 4.69) is 4.72 Å². The van der Waals surface area contributed by atoms with Crippen LogP contribution in [0.5, 0.6) is 0 Å². The maximum atomic E-state index is 12.5. The predicted octanol–water partition coefficient (Wildman–Crippen LogP) is 1.61. The number of aryl methyl sites for hydroxylation is 2. The number of hydrogen-bond acceptors (Lipinski definition) is 4. The van der Waals surface area contributed by atoms with Crippen LogP contribution in [0.4, 0.5) is 0 Å².